The standard InChI is InChI=1S/C28H26N4O3/c1-3-15-32(18-20-9-14-25-24(16-20)28(35)31-19(2)30-25)23-12-10-22(11-13-23)27(34)29-17-26(33)21-7-5-4-6-8-21/h1,4-14,16,26,33H,15,17-18H2,2H3,(H,29,34)(H,30,31,35). The summed E-state index contributed by atoms with van der Waals surface area (Å²) in [5, 5.41) is 13.6. The number of nitrogens with one attached hydrogen (secondary N) is 2. The first-order valence-electron chi connectivity index (χ1n) is 11.2. The summed E-state index contributed by atoms with van der Waals surface area (Å²) in [7, 11) is 0. The molecule has 0 fully saturated rings. The average molecular weight is 467 g/mol. The molecule has 176 valence electrons. The van der Waals surface area contributed by atoms with E-state index in [2.05, 4.69) is 21.2 Å². The molecule has 4 rings (SSSR count). The van der Waals surface area contributed by atoms with Gasteiger partial charge in [-0.3, -0.25) is 9.59 Å². The molecule has 0 saturated carbocycles. The molecule has 1 aromatic heterocycles. The summed E-state index contributed by atoms with van der Waals surface area (Å²) in [6.45, 7) is 2.71. The summed E-state index contributed by atoms with van der Waals surface area (Å²) in [6, 6.07) is 21.9. The number of aryl methyl sites for hydroxylation is 1. The lowest BCUT2D eigenvalue weighted by Gasteiger charge is -2.23. The zero-order chi connectivity index (χ0) is 24.8. The van der Waals surface area contributed by atoms with Gasteiger partial charge in [0.1, 0.15) is 5.82 Å². The van der Waals surface area contributed by atoms with E-state index in [-0.39, 0.29) is 18.0 Å². The Morgan fingerprint density at radius 3 is 2.60 bits per heavy atom. The zero-order valence-electron chi connectivity index (χ0n) is 19.4. The van der Waals surface area contributed by atoms with Crippen molar-refractivity contribution in [2.24, 2.45) is 0 Å². The number of hydrogen-bond acceptors (Lipinski definition) is 5. The molecule has 1 atom stereocenters. The summed E-state index contributed by atoms with van der Waals surface area (Å²) in [5.74, 6) is 2.97. The third-order valence-corrected chi connectivity index (χ3v) is 5.68. The van der Waals surface area contributed by atoms with Crippen LogP contribution in [0.25, 0.3) is 10.9 Å². The van der Waals surface area contributed by atoms with Gasteiger partial charge in [0.15, 0.2) is 0 Å². The summed E-state index contributed by atoms with van der Waals surface area (Å²) in [6.07, 6.45) is 4.82. The van der Waals surface area contributed by atoms with Crippen LogP contribution in [-0.2, 0) is 6.54 Å². The van der Waals surface area contributed by atoms with Gasteiger partial charge >= 0.3 is 0 Å². The zero-order valence-corrected chi connectivity index (χ0v) is 19.4. The highest BCUT2D eigenvalue weighted by Gasteiger charge is 2.13. The van der Waals surface area contributed by atoms with E-state index in [9.17, 15) is 14.7 Å². The van der Waals surface area contributed by atoms with Crippen LogP contribution in [0.5, 0.6) is 0 Å². The molecule has 0 aliphatic heterocycles. The number of benzene rings is 3. The van der Waals surface area contributed by atoms with E-state index in [1.165, 1.54) is 0 Å². The van der Waals surface area contributed by atoms with Crippen molar-refractivity contribution in [3.05, 3.63) is 106 Å². The van der Waals surface area contributed by atoms with Crippen LogP contribution >= 0.6 is 0 Å². The minimum atomic E-state index is -0.779. The third kappa shape index (κ3) is 5.75. The van der Waals surface area contributed by atoms with Crippen molar-refractivity contribution in [1.82, 2.24) is 15.3 Å². The number of amides is 1. The lowest BCUT2D eigenvalue weighted by atomic mass is 10.1. The van der Waals surface area contributed by atoms with E-state index >= 15 is 0 Å². The van der Waals surface area contributed by atoms with E-state index in [4.69, 9.17) is 6.42 Å². The van der Waals surface area contributed by atoms with Crippen LogP contribution in [-0.4, -0.2) is 34.1 Å². The van der Waals surface area contributed by atoms with Crippen LogP contribution < -0.4 is 15.8 Å². The Morgan fingerprint density at radius 2 is 1.89 bits per heavy atom. The molecule has 1 unspecified atom stereocenters. The highest BCUT2D eigenvalue weighted by molar-refractivity contribution is 5.94. The maximum absolute atomic E-state index is 12.6. The molecule has 0 aliphatic carbocycles. The number of terminal acetylenes is 1. The molecule has 0 saturated heterocycles. The highest BCUT2D eigenvalue weighted by Crippen LogP contribution is 2.20. The second-order valence-corrected chi connectivity index (χ2v) is 8.25. The Hall–Kier alpha value is -4.41. The highest BCUT2D eigenvalue weighted by atomic mass is 16.3. The summed E-state index contributed by atoms with van der Waals surface area (Å²) < 4.78 is 0. The number of aliphatic hydroxyl groups excluding tert-OH is 1. The number of H-pyrrole nitrogens is 1. The van der Waals surface area contributed by atoms with Crippen LogP contribution in [0.2, 0.25) is 0 Å². The average Bonchev–Trinajstić information content (AvgIpc) is 2.87. The fourth-order valence-corrected chi connectivity index (χ4v) is 3.88. The van der Waals surface area contributed by atoms with Crippen molar-refractivity contribution in [3.63, 3.8) is 0 Å². The number of carbonyl (C=O) groups excluding carboxylic acids is 1. The smallest absolute Gasteiger partial charge is 0.258 e. The Labute approximate surface area is 203 Å². The van der Waals surface area contributed by atoms with E-state index < -0.39 is 6.10 Å². The van der Waals surface area contributed by atoms with Crippen LogP contribution in [0, 0.1) is 19.3 Å². The topological polar surface area (TPSA) is 98.3 Å². The van der Waals surface area contributed by atoms with Crippen LogP contribution in [0.3, 0.4) is 0 Å². The summed E-state index contributed by atoms with van der Waals surface area (Å²) in [4.78, 5) is 33.9. The largest absolute Gasteiger partial charge is 0.387 e. The molecule has 1 heterocycles. The minimum Gasteiger partial charge on any atom is -0.387 e. The molecular weight excluding hydrogens is 440 g/mol. The number of aromatic nitrogens is 2. The van der Waals surface area contributed by atoms with Crippen molar-refractivity contribution in [1.29, 1.82) is 0 Å². The van der Waals surface area contributed by atoms with Crippen molar-refractivity contribution in [2.45, 2.75) is 19.6 Å². The molecule has 7 heteroatoms. The van der Waals surface area contributed by atoms with Crippen LogP contribution in [0.4, 0.5) is 5.69 Å². The van der Waals surface area contributed by atoms with Crippen molar-refractivity contribution < 1.29 is 9.90 Å². The summed E-state index contributed by atoms with van der Waals surface area (Å²) >= 11 is 0. The van der Waals surface area contributed by atoms with Gasteiger partial charge in [-0.15, -0.1) is 6.42 Å². The van der Waals surface area contributed by atoms with Gasteiger partial charge in [0.2, 0.25) is 0 Å². The van der Waals surface area contributed by atoms with Crippen molar-refractivity contribution in [2.75, 3.05) is 18.0 Å². The monoisotopic (exact) mass is 466 g/mol. The molecular formula is C28H26N4O3. The van der Waals surface area contributed by atoms with E-state index in [1.807, 2.05) is 65.6 Å². The molecule has 7 nitrogen and oxygen atoms in total. The molecule has 35 heavy (non-hydrogen) atoms. The van der Waals surface area contributed by atoms with Crippen LogP contribution in [0.1, 0.15) is 33.4 Å². The number of nitrogens with zero attached hydrogens (tertiary/aromatic N) is 2. The SMILES string of the molecule is C#CCN(Cc1ccc2nc(C)[nH]c(=O)c2c1)c1ccc(C(=O)NCC(O)c2ccccc2)cc1. The molecule has 3 aromatic carbocycles. The number of carbonyl (C=O) groups is 1. The lowest BCUT2D eigenvalue weighted by molar-refractivity contribution is 0.0916. The van der Waals surface area contributed by atoms with Gasteiger partial charge in [-0.05, 0) is 54.4 Å². The van der Waals surface area contributed by atoms with Gasteiger partial charge in [0.05, 0.1) is 23.6 Å². The summed E-state index contributed by atoms with van der Waals surface area (Å²) in [5.41, 5.74) is 3.46. The fourth-order valence-electron chi connectivity index (χ4n) is 3.88. The lowest BCUT2D eigenvalue weighted by Crippen LogP contribution is -2.28. The molecule has 3 N–H and O–H groups in total. The van der Waals surface area contributed by atoms with Gasteiger partial charge in [-0.1, -0.05) is 42.3 Å². The Bertz CT molecular complexity index is 1420. The minimum absolute atomic E-state index is 0.114. The van der Waals surface area contributed by atoms with Gasteiger partial charge in [0.25, 0.3) is 11.5 Å². The first kappa shape index (κ1) is 23.7. The molecule has 0 radical (unpaired) electrons. The number of hydrogen-bond donors (Lipinski definition) is 3. The van der Waals surface area contributed by atoms with Gasteiger partial charge in [0, 0.05) is 24.3 Å². The fraction of sp³-hybridized carbons (Fsp3) is 0.179. The van der Waals surface area contributed by atoms with E-state index in [1.54, 1.807) is 19.1 Å². The van der Waals surface area contributed by atoms with E-state index in [0.717, 1.165) is 16.8 Å². The molecule has 0 aliphatic rings. The maximum Gasteiger partial charge on any atom is 0.258 e. The second kappa shape index (κ2) is 10.7. The Kier molecular flexibility index (Phi) is 7.24. The normalized spacial score (nSPS) is 11.6. The van der Waals surface area contributed by atoms with Gasteiger partial charge in [-0.2, -0.15) is 0 Å². The molecule has 4 aromatic rings. The molecule has 1 amide bonds. The van der Waals surface area contributed by atoms with Crippen molar-refractivity contribution >= 4 is 22.5 Å². The predicted octanol–water partition coefficient (Wildman–Crippen LogP) is 3.33. The molecule has 0 bridgehead atoms. The number of rotatable bonds is 8. The third-order valence-electron chi connectivity index (χ3n) is 5.68. The number of aromatic amines is 1. The predicted molar refractivity (Wildman–Crippen MR) is 137 cm³/mol. The van der Waals surface area contributed by atoms with E-state index in [0.29, 0.717) is 35.4 Å². The number of aliphatic hydroxyl groups is 1. The second-order valence-electron chi connectivity index (χ2n) is 8.25. The Morgan fingerprint density at radius 1 is 1.14 bits per heavy atom. The van der Waals surface area contributed by atoms with Gasteiger partial charge < -0.3 is 20.3 Å². The number of anilines is 1. The quantitative estimate of drug-likeness (QED) is 0.346. The molecule has 0 spiro atoms. The Balaban J connectivity index is 1.45. The number of fused-ring (bicyclic) bond motifs is 1. The first-order valence-corrected chi connectivity index (χ1v) is 11.2. The van der Waals surface area contributed by atoms with Crippen LogP contribution in [0.15, 0.2) is 77.6 Å². The van der Waals surface area contributed by atoms with Crippen molar-refractivity contribution in [3.8, 4) is 12.3 Å². The maximum atomic E-state index is 12.6. The van der Waals surface area contributed by atoms with Gasteiger partial charge in [-0.25, -0.2) is 4.98 Å². The first-order chi connectivity index (χ1) is 16.9.